The van der Waals surface area contributed by atoms with E-state index < -0.39 is 0 Å². The maximum atomic E-state index is 6.10. The van der Waals surface area contributed by atoms with Crippen molar-refractivity contribution in [1.29, 1.82) is 0 Å². The molecular weight excluding hydrogens is 389 g/mol. The van der Waals surface area contributed by atoms with Gasteiger partial charge < -0.3 is 4.98 Å². The van der Waals surface area contributed by atoms with E-state index in [1.54, 1.807) is 0 Å². The van der Waals surface area contributed by atoms with Crippen LogP contribution in [0, 0.1) is 0 Å². The van der Waals surface area contributed by atoms with Gasteiger partial charge in [0.05, 0.1) is 5.02 Å². The molecule has 0 aliphatic heterocycles. The molecule has 2 aromatic carbocycles. The lowest BCUT2D eigenvalue weighted by atomic mass is 10.0. The molecule has 3 rings (SSSR count). The fraction of sp³-hybridized carbons (Fsp3) is 0.0667. The zero-order valence-electron chi connectivity index (χ0n) is 9.88. The Morgan fingerprint density at radius 2 is 1.79 bits per heavy atom. The lowest BCUT2D eigenvalue weighted by Crippen LogP contribution is -1.86. The predicted octanol–water partition coefficient (Wildman–Crippen LogP) is 5.94. The van der Waals surface area contributed by atoms with Gasteiger partial charge in [-0.15, -0.1) is 0 Å². The van der Waals surface area contributed by atoms with Gasteiger partial charge in [0.1, 0.15) is 0 Å². The summed E-state index contributed by atoms with van der Waals surface area (Å²) in [5.41, 5.74) is 3.63. The monoisotopic (exact) mass is 397 g/mol. The van der Waals surface area contributed by atoms with Gasteiger partial charge in [0.15, 0.2) is 0 Å². The highest BCUT2D eigenvalue weighted by Gasteiger charge is 2.07. The van der Waals surface area contributed by atoms with Crippen LogP contribution in [0.2, 0.25) is 5.02 Å². The van der Waals surface area contributed by atoms with Gasteiger partial charge in [0.2, 0.25) is 0 Å². The molecular formula is C15H10Br2ClN. The Labute approximate surface area is 133 Å². The van der Waals surface area contributed by atoms with Crippen LogP contribution in [-0.4, -0.2) is 4.98 Å². The molecule has 1 aromatic heterocycles. The smallest absolute Gasteiger partial charge is 0.0569 e. The van der Waals surface area contributed by atoms with Crippen molar-refractivity contribution in [2.24, 2.45) is 0 Å². The number of aromatic amines is 1. The second-order valence-corrected chi connectivity index (χ2v) is 6.61. The van der Waals surface area contributed by atoms with Gasteiger partial charge in [-0.1, -0.05) is 39.7 Å². The molecule has 0 amide bonds. The SMILES string of the molecule is Clc1cc2[nH]cc(Cc3ccc(Br)cc3)c2cc1Br. The van der Waals surface area contributed by atoms with E-state index in [1.807, 2.05) is 6.07 Å². The Morgan fingerprint density at radius 3 is 2.53 bits per heavy atom. The van der Waals surface area contributed by atoms with Crippen LogP contribution >= 0.6 is 43.5 Å². The highest BCUT2D eigenvalue weighted by Crippen LogP contribution is 2.30. The normalized spacial score (nSPS) is 11.1. The number of aromatic nitrogens is 1. The number of nitrogens with one attached hydrogen (secondary N) is 1. The van der Waals surface area contributed by atoms with E-state index in [4.69, 9.17) is 11.6 Å². The topological polar surface area (TPSA) is 15.8 Å². The van der Waals surface area contributed by atoms with Crippen LogP contribution in [0.25, 0.3) is 10.9 Å². The summed E-state index contributed by atoms with van der Waals surface area (Å²) in [6.45, 7) is 0. The maximum absolute atomic E-state index is 6.10. The minimum Gasteiger partial charge on any atom is -0.361 e. The Balaban J connectivity index is 2.01. The quantitative estimate of drug-likeness (QED) is 0.549. The molecule has 0 fully saturated rings. The second-order valence-electron chi connectivity index (χ2n) is 4.43. The van der Waals surface area contributed by atoms with Gasteiger partial charge in [-0.2, -0.15) is 0 Å². The van der Waals surface area contributed by atoms with Crippen molar-refractivity contribution in [3.05, 3.63) is 67.7 Å². The number of hydrogen-bond acceptors (Lipinski definition) is 0. The lowest BCUT2D eigenvalue weighted by Gasteiger charge is -2.02. The Kier molecular flexibility index (Phi) is 3.70. The standard InChI is InChI=1S/C15H10Br2ClN/c16-11-3-1-9(2-4-11)5-10-8-19-15-7-14(18)13(17)6-12(10)15/h1-4,6-8,19H,5H2. The van der Waals surface area contributed by atoms with Gasteiger partial charge in [0, 0.05) is 26.0 Å². The van der Waals surface area contributed by atoms with E-state index in [9.17, 15) is 0 Å². The average molecular weight is 400 g/mol. The van der Waals surface area contributed by atoms with Crippen LogP contribution in [-0.2, 0) is 6.42 Å². The van der Waals surface area contributed by atoms with Gasteiger partial charge in [0.25, 0.3) is 0 Å². The number of benzene rings is 2. The summed E-state index contributed by atoms with van der Waals surface area (Å²) in [5, 5.41) is 1.93. The molecule has 0 aliphatic rings. The molecule has 0 saturated carbocycles. The predicted molar refractivity (Wildman–Crippen MR) is 88.0 cm³/mol. The van der Waals surface area contributed by atoms with E-state index in [2.05, 4.69) is 73.4 Å². The van der Waals surface area contributed by atoms with E-state index in [0.717, 1.165) is 25.9 Å². The molecule has 0 atom stereocenters. The number of rotatable bonds is 2. The second kappa shape index (κ2) is 5.31. The summed E-state index contributed by atoms with van der Waals surface area (Å²) >= 11 is 13.0. The van der Waals surface area contributed by atoms with E-state index >= 15 is 0 Å². The first-order valence-electron chi connectivity index (χ1n) is 5.83. The molecule has 1 nitrogen and oxygen atoms in total. The molecule has 0 aliphatic carbocycles. The summed E-state index contributed by atoms with van der Waals surface area (Å²) in [6.07, 6.45) is 2.96. The zero-order valence-corrected chi connectivity index (χ0v) is 13.8. The molecule has 0 bridgehead atoms. The molecule has 1 heterocycles. The first kappa shape index (κ1) is 13.2. The fourth-order valence-electron chi connectivity index (χ4n) is 2.14. The summed E-state index contributed by atoms with van der Waals surface area (Å²) in [7, 11) is 0. The van der Waals surface area contributed by atoms with Crippen molar-refractivity contribution >= 4 is 54.4 Å². The van der Waals surface area contributed by atoms with E-state index in [-0.39, 0.29) is 0 Å². The van der Waals surface area contributed by atoms with Gasteiger partial charge in [-0.25, -0.2) is 0 Å². The average Bonchev–Trinajstić information content (AvgIpc) is 2.76. The maximum Gasteiger partial charge on any atom is 0.0569 e. The zero-order chi connectivity index (χ0) is 13.4. The molecule has 0 spiro atoms. The first-order valence-corrected chi connectivity index (χ1v) is 7.79. The summed E-state index contributed by atoms with van der Waals surface area (Å²) in [4.78, 5) is 3.27. The fourth-order valence-corrected chi connectivity index (χ4v) is 2.91. The van der Waals surface area contributed by atoms with Gasteiger partial charge >= 0.3 is 0 Å². The molecule has 0 unspecified atom stereocenters. The molecule has 0 radical (unpaired) electrons. The molecule has 96 valence electrons. The Bertz CT molecular complexity index is 732. The number of H-pyrrole nitrogens is 1. The van der Waals surface area contributed by atoms with Crippen LogP contribution < -0.4 is 0 Å². The van der Waals surface area contributed by atoms with E-state index in [0.29, 0.717) is 0 Å². The summed E-state index contributed by atoms with van der Waals surface area (Å²) in [6, 6.07) is 12.4. The minimum absolute atomic E-state index is 0.726. The van der Waals surface area contributed by atoms with Crippen LogP contribution in [0.1, 0.15) is 11.1 Å². The van der Waals surface area contributed by atoms with Crippen molar-refractivity contribution in [2.45, 2.75) is 6.42 Å². The van der Waals surface area contributed by atoms with Crippen LogP contribution in [0.5, 0.6) is 0 Å². The van der Waals surface area contributed by atoms with Crippen LogP contribution in [0.4, 0.5) is 0 Å². The third kappa shape index (κ3) is 2.73. The molecule has 4 heteroatoms. The largest absolute Gasteiger partial charge is 0.361 e. The number of fused-ring (bicyclic) bond motifs is 1. The van der Waals surface area contributed by atoms with Crippen LogP contribution in [0.3, 0.4) is 0 Å². The van der Waals surface area contributed by atoms with Crippen molar-refractivity contribution in [1.82, 2.24) is 4.98 Å². The minimum atomic E-state index is 0.726. The number of halogens is 3. The van der Waals surface area contributed by atoms with Crippen molar-refractivity contribution < 1.29 is 0 Å². The van der Waals surface area contributed by atoms with E-state index in [1.165, 1.54) is 16.5 Å². The van der Waals surface area contributed by atoms with Gasteiger partial charge in [-0.05, 0) is 57.7 Å². The Hall–Kier alpha value is -0.770. The van der Waals surface area contributed by atoms with Crippen molar-refractivity contribution in [3.8, 4) is 0 Å². The highest BCUT2D eigenvalue weighted by atomic mass is 79.9. The third-order valence-electron chi connectivity index (χ3n) is 3.12. The molecule has 3 aromatic rings. The van der Waals surface area contributed by atoms with Crippen molar-refractivity contribution in [3.63, 3.8) is 0 Å². The lowest BCUT2D eigenvalue weighted by molar-refractivity contribution is 1.20. The third-order valence-corrected chi connectivity index (χ3v) is 4.84. The molecule has 0 saturated heterocycles. The highest BCUT2D eigenvalue weighted by molar-refractivity contribution is 9.10. The van der Waals surface area contributed by atoms with Gasteiger partial charge in [-0.3, -0.25) is 0 Å². The first-order chi connectivity index (χ1) is 9.13. The summed E-state index contributed by atoms with van der Waals surface area (Å²) in [5.74, 6) is 0. The number of hydrogen-bond donors (Lipinski definition) is 1. The van der Waals surface area contributed by atoms with Crippen molar-refractivity contribution in [2.75, 3.05) is 0 Å². The Morgan fingerprint density at radius 1 is 1.05 bits per heavy atom. The van der Waals surface area contributed by atoms with Crippen LogP contribution in [0.15, 0.2) is 51.5 Å². The summed E-state index contributed by atoms with van der Waals surface area (Å²) < 4.78 is 2.03. The molecule has 1 N–H and O–H groups in total. The molecule has 19 heavy (non-hydrogen) atoms.